The van der Waals surface area contributed by atoms with Gasteiger partial charge in [-0.05, 0) is 144 Å². The number of rotatable bonds is 13. The van der Waals surface area contributed by atoms with Crippen LogP contribution in [0.5, 0.6) is 0 Å². The van der Waals surface area contributed by atoms with Crippen molar-refractivity contribution < 1.29 is 38.7 Å². The highest BCUT2D eigenvalue weighted by atomic mass is 19.1. The molecule has 3 aromatic heterocycles. The molecule has 11 rings (SSSR count). The van der Waals surface area contributed by atoms with E-state index >= 15 is 0 Å². The van der Waals surface area contributed by atoms with Gasteiger partial charge in [0.25, 0.3) is 5.69 Å². The van der Waals surface area contributed by atoms with Gasteiger partial charge in [0.2, 0.25) is 6.04 Å². The summed E-state index contributed by atoms with van der Waals surface area (Å²) in [4.78, 5) is 13.2. The first-order chi connectivity index (χ1) is 39.2. The Bertz CT molecular complexity index is 3980. The van der Waals surface area contributed by atoms with Gasteiger partial charge in [-0.2, -0.15) is 0 Å². The van der Waals surface area contributed by atoms with Crippen LogP contribution in [0.3, 0.4) is 0 Å². The van der Waals surface area contributed by atoms with Gasteiger partial charge < -0.3 is 0 Å². The summed E-state index contributed by atoms with van der Waals surface area (Å²) in [6, 6.07) is 36.8. The van der Waals surface area contributed by atoms with E-state index in [0.29, 0.717) is 34.8 Å². The maximum absolute atomic E-state index is 14.9. The molecule has 71 heavy (non-hydrogen) atoms. The fourth-order valence-corrected chi connectivity index (χ4v) is 8.86. The average Bonchev–Trinajstić information content (AvgIpc) is 1.90. The standard InChI is InChI=1S/C62H48F4N5/c1-38-39(2)70-71-61(38)52-11-7-6-10-51(52)60-62(71)59(47-22-20-46(21-23-47)45-8-4-3-5-9-45)48(37-69-60)19-16-44-31-42(14-12-40-17-28-57(67-35-40)53-26-24-49(63)33-55(53)65)30-43(32-44)15-13-41-18-29-58(68-36-41)54-27-25-50(64)34-56(54)66/h3-11,17-18,20-37,61H,12-16,19H2,1-2H3/q+1/i12D2,13D2,14D2,15D2,16D2,19D2. The van der Waals surface area contributed by atoms with E-state index in [-0.39, 0.29) is 33.6 Å². The summed E-state index contributed by atoms with van der Waals surface area (Å²) in [7, 11) is 0. The van der Waals surface area contributed by atoms with E-state index in [2.05, 4.69) is 9.97 Å². The van der Waals surface area contributed by atoms with Gasteiger partial charge in [-0.1, -0.05) is 114 Å². The third kappa shape index (κ3) is 9.23. The Morgan fingerprint density at radius 3 is 1.56 bits per heavy atom. The SMILES string of the molecule is [2H]C([2H])(c1ccc(-c2ccc(F)cc2F)nc1)C([2H])([2H])c1cc(C([2H])([2H])C([2H])([2H])c2ccc(-c3ccc(F)cc3F)nc2)cc(C([2H])([2H])C([2H])([2H])c2cnc3c(c2-c2ccc(-c4ccccc4)cc2)[N+]2=NC(C)=C(C)C2c2ccccc2-3)c1. The van der Waals surface area contributed by atoms with Crippen LogP contribution in [0, 0.1) is 23.3 Å². The summed E-state index contributed by atoms with van der Waals surface area (Å²) in [5.74, 6) is -3.63. The van der Waals surface area contributed by atoms with Crippen LogP contribution in [-0.4, -0.2) is 19.6 Å². The van der Waals surface area contributed by atoms with Crippen molar-refractivity contribution in [1.82, 2.24) is 15.0 Å². The third-order valence-electron chi connectivity index (χ3n) is 12.5. The molecule has 0 N–H and O–H groups in total. The van der Waals surface area contributed by atoms with Gasteiger partial charge in [-0.3, -0.25) is 9.97 Å². The van der Waals surface area contributed by atoms with E-state index < -0.39 is 95.4 Å². The highest BCUT2D eigenvalue weighted by molar-refractivity contribution is 5.89. The summed E-state index contributed by atoms with van der Waals surface area (Å²) in [5.41, 5.74) is 2.68. The molecule has 1 unspecified atom stereocenters. The molecule has 9 heteroatoms. The van der Waals surface area contributed by atoms with Crippen LogP contribution in [0.25, 0.3) is 56.0 Å². The molecule has 9 aromatic rings. The molecule has 5 heterocycles. The van der Waals surface area contributed by atoms with Crippen LogP contribution in [-0.2, 0) is 38.2 Å². The van der Waals surface area contributed by atoms with E-state index in [9.17, 15) is 34.0 Å². The van der Waals surface area contributed by atoms with Gasteiger partial charge in [0, 0.05) is 75.0 Å². The van der Waals surface area contributed by atoms with E-state index in [1.807, 2.05) is 80.6 Å². The lowest BCUT2D eigenvalue weighted by Crippen LogP contribution is -2.19. The molecule has 0 radical (unpaired) electrons. The lowest BCUT2D eigenvalue weighted by atomic mass is 9.85. The Morgan fingerprint density at radius 1 is 0.479 bits per heavy atom. The molecule has 0 aliphatic carbocycles. The van der Waals surface area contributed by atoms with Crippen molar-refractivity contribution in [2.75, 3.05) is 0 Å². The van der Waals surface area contributed by atoms with Crippen LogP contribution in [0.4, 0.5) is 23.2 Å². The number of benzene rings is 6. The molecular formula is C62H48F4N5+. The van der Waals surface area contributed by atoms with Gasteiger partial charge in [0.1, 0.15) is 34.7 Å². The summed E-state index contributed by atoms with van der Waals surface area (Å²) in [6.45, 7) is 3.80. The zero-order chi connectivity index (χ0) is 59.3. The number of allylic oxidation sites excluding steroid dienone is 1. The average molecular weight is 951 g/mol. The van der Waals surface area contributed by atoms with E-state index in [1.165, 1.54) is 18.3 Å². The Balaban J connectivity index is 1.09. The van der Waals surface area contributed by atoms with Crippen molar-refractivity contribution in [2.24, 2.45) is 5.11 Å². The smallest absolute Gasteiger partial charge is 0.256 e. The Morgan fingerprint density at radius 2 is 1.00 bits per heavy atom. The predicted molar refractivity (Wildman–Crippen MR) is 272 cm³/mol. The summed E-state index contributed by atoms with van der Waals surface area (Å²) in [6.07, 6.45) is -16.4. The first-order valence-electron chi connectivity index (χ1n) is 28.6. The zero-order valence-electron chi connectivity index (χ0n) is 50.1. The fourth-order valence-electron chi connectivity index (χ4n) is 8.86. The van der Waals surface area contributed by atoms with Crippen molar-refractivity contribution in [3.05, 3.63) is 250 Å². The lowest BCUT2D eigenvalue weighted by Gasteiger charge is -2.24. The second-order valence-electron chi connectivity index (χ2n) is 17.1. The third-order valence-corrected chi connectivity index (χ3v) is 12.5. The molecule has 1 atom stereocenters. The Labute approximate surface area is 427 Å². The van der Waals surface area contributed by atoms with Gasteiger partial charge in [-0.25, -0.2) is 22.5 Å². The molecule has 0 saturated heterocycles. The maximum Gasteiger partial charge on any atom is 0.267 e. The van der Waals surface area contributed by atoms with Crippen molar-refractivity contribution in [3.63, 3.8) is 0 Å². The van der Waals surface area contributed by atoms with Gasteiger partial charge >= 0.3 is 0 Å². The number of hydrogen-bond donors (Lipinski definition) is 0. The highest BCUT2D eigenvalue weighted by Gasteiger charge is 2.46. The van der Waals surface area contributed by atoms with Gasteiger partial charge in [-0.15, -0.1) is 0 Å². The van der Waals surface area contributed by atoms with Crippen molar-refractivity contribution in [2.45, 2.75) is 58.1 Å². The quantitative estimate of drug-likeness (QED) is 0.0855. The molecule has 6 aromatic carbocycles. The zero-order valence-corrected chi connectivity index (χ0v) is 38.1. The Hall–Kier alpha value is -8.17. The van der Waals surface area contributed by atoms with Crippen LogP contribution >= 0.6 is 0 Å². The second kappa shape index (κ2) is 19.3. The van der Waals surface area contributed by atoms with Crippen molar-refractivity contribution in [1.29, 1.82) is 0 Å². The lowest BCUT2D eigenvalue weighted by molar-refractivity contribution is -0.539. The Kier molecular flexibility index (Phi) is 9.08. The van der Waals surface area contributed by atoms with Gasteiger partial charge in [0.15, 0.2) is 0 Å². The van der Waals surface area contributed by atoms with E-state index in [4.69, 9.17) is 10.1 Å². The summed E-state index contributed by atoms with van der Waals surface area (Å²) in [5, 5.41) is 4.99. The highest BCUT2D eigenvalue weighted by Crippen LogP contribution is 2.53. The van der Waals surface area contributed by atoms with E-state index in [1.54, 1.807) is 16.8 Å². The van der Waals surface area contributed by atoms with Crippen LogP contribution < -0.4 is 0 Å². The molecule has 2 aliphatic heterocycles. The van der Waals surface area contributed by atoms with Crippen LogP contribution in [0.15, 0.2) is 193 Å². The predicted octanol–water partition coefficient (Wildman–Crippen LogP) is 15.6. The summed E-state index contributed by atoms with van der Waals surface area (Å²) >= 11 is 0. The number of aryl methyl sites for hydroxylation is 6. The van der Waals surface area contributed by atoms with E-state index in [0.717, 1.165) is 94.8 Å². The number of hydrogen-bond acceptors (Lipinski definition) is 4. The molecule has 0 amide bonds. The minimum Gasteiger partial charge on any atom is -0.256 e. The molecule has 348 valence electrons. The number of fused-ring (bicyclic) bond motifs is 6. The molecule has 0 saturated carbocycles. The first kappa shape index (κ1) is 33.4. The first-order valence-corrected chi connectivity index (χ1v) is 22.6. The topological polar surface area (TPSA) is 54.0 Å². The molecule has 5 nitrogen and oxygen atoms in total. The number of pyridine rings is 3. The molecule has 0 bridgehead atoms. The van der Waals surface area contributed by atoms with Crippen LogP contribution in [0.1, 0.15) is 75.3 Å². The van der Waals surface area contributed by atoms with Crippen molar-refractivity contribution >= 4 is 5.69 Å². The number of nitrogens with zero attached hydrogens (tertiary/aromatic N) is 5. The molecule has 0 spiro atoms. The fraction of sp³-hybridized carbons (Fsp3) is 0.145. The largest absolute Gasteiger partial charge is 0.267 e. The molecule has 2 aliphatic rings. The number of azo groups is 2. The van der Waals surface area contributed by atoms with Crippen LogP contribution in [0.2, 0.25) is 0 Å². The van der Waals surface area contributed by atoms with Crippen molar-refractivity contribution in [3.8, 4) is 56.0 Å². The summed E-state index contributed by atoms with van der Waals surface area (Å²) < 4.78 is 175. The van der Waals surface area contributed by atoms with Gasteiger partial charge in [0.05, 0.1) is 17.0 Å². The minimum atomic E-state index is -3.35. The minimum absolute atomic E-state index is 0.0501. The number of aromatic nitrogens is 3. The molecular weight excluding hydrogens is 891 g/mol. The normalized spacial score (nSPS) is 17.4. The monoisotopic (exact) mass is 950 g/mol. The maximum atomic E-state index is 14.9. The number of halogens is 4. The molecule has 0 fully saturated rings. The second-order valence-corrected chi connectivity index (χ2v) is 17.1.